The molecule has 134 valence electrons. The summed E-state index contributed by atoms with van der Waals surface area (Å²) < 4.78 is 20.5. The Balaban J connectivity index is 1.80. The van der Waals surface area contributed by atoms with E-state index in [1.807, 2.05) is 0 Å². The van der Waals surface area contributed by atoms with E-state index in [4.69, 9.17) is 16.3 Å². The Bertz CT molecular complexity index is 942. The molecule has 3 aromatic rings. The first-order chi connectivity index (χ1) is 12.5. The molecule has 0 N–H and O–H groups in total. The van der Waals surface area contributed by atoms with Crippen LogP contribution in [0.4, 0.5) is 4.39 Å². The van der Waals surface area contributed by atoms with Gasteiger partial charge in [0.2, 0.25) is 0 Å². The first kappa shape index (κ1) is 17.9. The number of amides is 1. The Morgan fingerprint density at radius 2 is 2.04 bits per heavy atom. The molecule has 2 aromatic carbocycles. The van der Waals surface area contributed by atoms with Crippen LogP contribution in [0.5, 0.6) is 5.75 Å². The van der Waals surface area contributed by atoms with E-state index in [0.29, 0.717) is 17.3 Å². The van der Waals surface area contributed by atoms with Gasteiger partial charge in [-0.3, -0.25) is 4.79 Å². The van der Waals surface area contributed by atoms with Crippen LogP contribution in [0.1, 0.15) is 16.1 Å². The van der Waals surface area contributed by atoms with Gasteiger partial charge < -0.3 is 9.64 Å². The van der Waals surface area contributed by atoms with Gasteiger partial charge in [0.15, 0.2) is 5.69 Å². The smallest absolute Gasteiger partial charge is 0.274 e. The van der Waals surface area contributed by atoms with Crippen LogP contribution in [0.15, 0.2) is 54.7 Å². The van der Waals surface area contributed by atoms with Crippen LogP contribution in [0.2, 0.25) is 5.02 Å². The SMILES string of the molecule is COc1ccc(Cl)cc1CN(C)C(=O)c1ccn(-c2ccccc2F)n1. The lowest BCUT2D eigenvalue weighted by molar-refractivity contribution is 0.0778. The van der Waals surface area contributed by atoms with E-state index in [1.54, 1.807) is 62.8 Å². The minimum absolute atomic E-state index is 0.219. The predicted octanol–water partition coefficient (Wildman–Crippen LogP) is 3.95. The highest BCUT2D eigenvalue weighted by molar-refractivity contribution is 6.30. The van der Waals surface area contributed by atoms with Gasteiger partial charge >= 0.3 is 0 Å². The second-order valence-corrected chi connectivity index (χ2v) is 6.15. The average molecular weight is 374 g/mol. The minimum atomic E-state index is -0.411. The molecule has 0 radical (unpaired) electrons. The zero-order valence-electron chi connectivity index (χ0n) is 14.3. The molecule has 0 saturated heterocycles. The molecule has 1 heterocycles. The molecule has 0 atom stereocenters. The fourth-order valence-corrected chi connectivity index (χ4v) is 2.80. The third kappa shape index (κ3) is 3.70. The number of methoxy groups -OCH3 is 1. The van der Waals surface area contributed by atoms with E-state index >= 15 is 0 Å². The van der Waals surface area contributed by atoms with Crippen molar-refractivity contribution in [2.45, 2.75) is 6.54 Å². The number of rotatable bonds is 5. The van der Waals surface area contributed by atoms with Crippen molar-refractivity contribution in [3.8, 4) is 11.4 Å². The van der Waals surface area contributed by atoms with Crippen LogP contribution in [0.25, 0.3) is 5.69 Å². The molecule has 0 aliphatic rings. The summed E-state index contributed by atoms with van der Waals surface area (Å²) in [5.41, 5.74) is 1.28. The number of aromatic nitrogens is 2. The normalized spacial score (nSPS) is 10.6. The number of hydrogen-bond acceptors (Lipinski definition) is 3. The maximum atomic E-state index is 13.9. The summed E-state index contributed by atoms with van der Waals surface area (Å²) in [5.74, 6) is -0.0559. The highest BCUT2D eigenvalue weighted by atomic mass is 35.5. The van der Waals surface area contributed by atoms with Crippen LogP contribution in [-0.2, 0) is 6.54 Å². The summed E-state index contributed by atoms with van der Waals surface area (Å²) in [7, 11) is 3.22. The molecule has 0 fully saturated rings. The molecule has 1 aromatic heterocycles. The number of carbonyl (C=O) groups excluding carboxylic acids is 1. The summed E-state index contributed by atoms with van der Waals surface area (Å²) in [6, 6.07) is 13.0. The van der Waals surface area contributed by atoms with Gasteiger partial charge in [0.05, 0.1) is 7.11 Å². The van der Waals surface area contributed by atoms with Gasteiger partial charge in [-0.15, -0.1) is 0 Å². The van der Waals surface area contributed by atoms with E-state index in [1.165, 1.54) is 15.6 Å². The standard InChI is InChI=1S/C19H17ClFN3O2/c1-23(12-13-11-14(20)7-8-18(13)26-2)19(25)16-9-10-24(22-16)17-6-4-3-5-15(17)21/h3-11H,12H2,1-2H3. The van der Waals surface area contributed by atoms with Gasteiger partial charge in [-0.05, 0) is 36.4 Å². The lowest BCUT2D eigenvalue weighted by atomic mass is 10.2. The van der Waals surface area contributed by atoms with Crippen LogP contribution in [0, 0.1) is 5.82 Å². The Kier molecular flexibility index (Phi) is 5.23. The zero-order valence-corrected chi connectivity index (χ0v) is 15.1. The average Bonchev–Trinajstić information content (AvgIpc) is 3.11. The van der Waals surface area contributed by atoms with Gasteiger partial charge in [0.1, 0.15) is 17.3 Å². The Hall–Kier alpha value is -2.86. The third-order valence-electron chi connectivity index (χ3n) is 3.90. The van der Waals surface area contributed by atoms with Crippen LogP contribution in [-0.4, -0.2) is 34.7 Å². The molecule has 0 saturated carbocycles. The number of halogens is 2. The molecule has 0 unspecified atom stereocenters. The summed E-state index contributed by atoms with van der Waals surface area (Å²) in [4.78, 5) is 14.1. The van der Waals surface area contributed by atoms with E-state index in [9.17, 15) is 9.18 Å². The molecule has 0 aliphatic carbocycles. The van der Waals surface area contributed by atoms with E-state index in [0.717, 1.165) is 5.56 Å². The summed E-state index contributed by atoms with van der Waals surface area (Å²) in [5, 5.41) is 4.75. The first-order valence-electron chi connectivity index (χ1n) is 7.88. The third-order valence-corrected chi connectivity index (χ3v) is 4.14. The topological polar surface area (TPSA) is 47.4 Å². The van der Waals surface area contributed by atoms with Gasteiger partial charge in [0, 0.05) is 30.4 Å². The number of nitrogens with zero attached hydrogens (tertiary/aromatic N) is 3. The van der Waals surface area contributed by atoms with Crippen LogP contribution in [0.3, 0.4) is 0 Å². The van der Waals surface area contributed by atoms with Crippen molar-refractivity contribution in [3.63, 3.8) is 0 Å². The van der Waals surface area contributed by atoms with E-state index < -0.39 is 5.82 Å². The fourth-order valence-electron chi connectivity index (χ4n) is 2.60. The Labute approximate surface area is 155 Å². The molecule has 3 rings (SSSR count). The highest BCUT2D eigenvalue weighted by Crippen LogP contribution is 2.24. The monoisotopic (exact) mass is 373 g/mol. The molecule has 1 amide bonds. The summed E-state index contributed by atoms with van der Waals surface area (Å²) in [6.45, 7) is 0.301. The maximum Gasteiger partial charge on any atom is 0.274 e. The van der Waals surface area contributed by atoms with Crippen LogP contribution >= 0.6 is 11.6 Å². The molecular formula is C19H17ClFN3O2. The number of hydrogen-bond donors (Lipinski definition) is 0. The first-order valence-corrected chi connectivity index (χ1v) is 8.26. The molecule has 0 spiro atoms. The zero-order chi connectivity index (χ0) is 18.7. The van der Waals surface area contributed by atoms with Crippen molar-refractivity contribution in [1.29, 1.82) is 0 Å². The molecule has 0 aliphatic heterocycles. The second-order valence-electron chi connectivity index (χ2n) is 5.71. The van der Waals surface area contributed by atoms with Crippen molar-refractivity contribution in [2.24, 2.45) is 0 Å². The Morgan fingerprint density at radius 3 is 2.77 bits per heavy atom. The molecule has 26 heavy (non-hydrogen) atoms. The van der Waals surface area contributed by atoms with E-state index in [-0.39, 0.29) is 17.3 Å². The number of benzene rings is 2. The quantitative estimate of drug-likeness (QED) is 0.680. The fraction of sp³-hybridized carbons (Fsp3) is 0.158. The number of para-hydroxylation sites is 1. The number of ether oxygens (including phenoxy) is 1. The predicted molar refractivity (Wildman–Crippen MR) is 97.3 cm³/mol. The van der Waals surface area contributed by atoms with Gasteiger partial charge in [0.25, 0.3) is 5.91 Å². The van der Waals surface area contributed by atoms with Gasteiger partial charge in [-0.2, -0.15) is 5.10 Å². The Morgan fingerprint density at radius 1 is 1.27 bits per heavy atom. The highest BCUT2D eigenvalue weighted by Gasteiger charge is 2.18. The largest absolute Gasteiger partial charge is 0.496 e. The lowest BCUT2D eigenvalue weighted by Crippen LogP contribution is -2.27. The van der Waals surface area contributed by atoms with Crippen molar-refractivity contribution >= 4 is 17.5 Å². The minimum Gasteiger partial charge on any atom is -0.496 e. The van der Waals surface area contributed by atoms with Crippen molar-refractivity contribution in [1.82, 2.24) is 14.7 Å². The van der Waals surface area contributed by atoms with Crippen LogP contribution < -0.4 is 4.74 Å². The van der Waals surface area contributed by atoms with Crippen molar-refractivity contribution in [3.05, 3.63) is 76.8 Å². The van der Waals surface area contributed by atoms with E-state index in [2.05, 4.69) is 5.10 Å². The summed E-state index contributed by atoms with van der Waals surface area (Å²) in [6.07, 6.45) is 1.56. The van der Waals surface area contributed by atoms with Crippen molar-refractivity contribution < 1.29 is 13.9 Å². The number of carbonyl (C=O) groups is 1. The maximum absolute atomic E-state index is 13.9. The second kappa shape index (κ2) is 7.58. The lowest BCUT2D eigenvalue weighted by Gasteiger charge is -2.18. The molecule has 7 heteroatoms. The molecular weight excluding hydrogens is 357 g/mol. The molecule has 5 nitrogen and oxygen atoms in total. The van der Waals surface area contributed by atoms with Gasteiger partial charge in [-0.1, -0.05) is 23.7 Å². The van der Waals surface area contributed by atoms with Gasteiger partial charge in [-0.25, -0.2) is 9.07 Å². The molecule has 0 bridgehead atoms. The summed E-state index contributed by atoms with van der Waals surface area (Å²) >= 11 is 6.03. The van der Waals surface area contributed by atoms with Crippen molar-refractivity contribution in [2.75, 3.05) is 14.2 Å².